The van der Waals surface area contributed by atoms with E-state index in [1.807, 2.05) is 4.90 Å². The lowest BCUT2D eigenvalue weighted by molar-refractivity contribution is 0.0265. The van der Waals surface area contributed by atoms with Gasteiger partial charge in [-0.05, 0) is 17.7 Å². The van der Waals surface area contributed by atoms with Crippen molar-refractivity contribution >= 4 is 15.9 Å². The number of hydrogen-bond acceptors (Lipinski definition) is 3. The molecule has 0 aromatic heterocycles. The standard InChI is InChI=1S/C12H12BrFN2O/c13-11-7-9(14)1-2-10(11)12(8-15)16-3-5-17-6-4-16/h1-2,7,12H,3-6H2. The quantitative estimate of drug-likeness (QED) is 0.842. The van der Waals surface area contributed by atoms with Crippen LogP contribution < -0.4 is 0 Å². The highest BCUT2D eigenvalue weighted by molar-refractivity contribution is 9.10. The summed E-state index contributed by atoms with van der Waals surface area (Å²) in [5.74, 6) is -0.306. The topological polar surface area (TPSA) is 36.3 Å². The summed E-state index contributed by atoms with van der Waals surface area (Å²) in [4.78, 5) is 2.04. The summed E-state index contributed by atoms with van der Waals surface area (Å²) in [5.41, 5.74) is 0.802. The monoisotopic (exact) mass is 298 g/mol. The predicted molar refractivity (Wildman–Crippen MR) is 64.8 cm³/mol. The Bertz CT molecular complexity index is 441. The third-order valence-corrected chi connectivity index (χ3v) is 3.48. The molecule has 0 N–H and O–H groups in total. The maximum Gasteiger partial charge on any atom is 0.125 e. The van der Waals surface area contributed by atoms with E-state index in [1.165, 1.54) is 12.1 Å². The fourth-order valence-corrected chi connectivity index (χ4v) is 2.47. The molecule has 0 saturated carbocycles. The number of hydrogen-bond donors (Lipinski definition) is 0. The molecule has 1 aliphatic heterocycles. The van der Waals surface area contributed by atoms with Crippen LogP contribution >= 0.6 is 15.9 Å². The summed E-state index contributed by atoms with van der Waals surface area (Å²) < 4.78 is 18.9. The molecule has 1 unspecified atom stereocenters. The lowest BCUT2D eigenvalue weighted by Gasteiger charge is -2.31. The molecule has 1 atom stereocenters. The Balaban J connectivity index is 2.25. The van der Waals surface area contributed by atoms with E-state index in [-0.39, 0.29) is 11.9 Å². The number of rotatable bonds is 2. The van der Waals surface area contributed by atoms with Crippen molar-refractivity contribution in [3.63, 3.8) is 0 Å². The van der Waals surface area contributed by atoms with Crippen molar-refractivity contribution in [3.05, 3.63) is 34.1 Å². The number of nitrogens with zero attached hydrogens (tertiary/aromatic N) is 2. The van der Waals surface area contributed by atoms with E-state index in [0.717, 1.165) is 18.7 Å². The van der Waals surface area contributed by atoms with Crippen LogP contribution in [0.3, 0.4) is 0 Å². The van der Waals surface area contributed by atoms with E-state index in [0.29, 0.717) is 17.7 Å². The Morgan fingerprint density at radius 2 is 2.12 bits per heavy atom. The van der Waals surface area contributed by atoms with Crippen molar-refractivity contribution < 1.29 is 9.13 Å². The van der Waals surface area contributed by atoms with Crippen LogP contribution in [-0.4, -0.2) is 31.2 Å². The number of morpholine rings is 1. The maximum absolute atomic E-state index is 13.0. The fraction of sp³-hybridized carbons (Fsp3) is 0.417. The average Bonchev–Trinajstić information content (AvgIpc) is 2.34. The SMILES string of the molecule is N#CC(c1ccc(F)cc1Br)N1CCOCC1. The summed E-state index contributed by atoms with van der Waals surface area (Å²) in [6.07, 6.45) is 0. The first-order valence-electron chi connectivity index (χ1n) is 5.38. The Morgan fingerprint density at radius 3 is 2.71 bits per heavy atom. The van der Waals surface area contributed by atoms with Crippen LogP contribution in [0.2, 0.25) is 0 Å². The minimum Gasteiger partial charge on any atom is -0.379 e. The fourth-order valence-electron chi connectivity index (χ4n) is 1.91. The molecule has 1 heterocycles. The van der Waals surface area contributed by atoms with Crippen molar-refractivity contribution in [3.8, 4) is 6.07 Å². The Hall–Kier alpha value is -0.960. The summed E-state index contributed by atoms with van der Waals surface area (Å²) in [6.45, 7) is 2.72. The van der Waals surface area contributed by atoms with E-state index in [9.17, 15) is 9.65 Å². The van der Waals surface area contributed by atoms with Crippen LogP contribution in [0.5, 0.6) is 0 Å². The van der Waals surface area contributed by atoms with Crippen LogP contribution in [0, 0.1) is 17.1 Å². The van der Waals surface area contributed by atoms with Gasteiger partial charge >= 0.3 is 0 Å². The van der Waals surface area contributed by atoms with Gasteiger partial charge in [-0.25, -0.2) is 4.39 Å². The molecule has 0 aliphatic carbocycles. The first-order valence-corrected chi connectivity index (χ1v) is 6.18. The molecule has 1 saturated heterocycles. The molecule has 3 nitrogen and oxygen atoms in total. The molecule has 2 rings (SSSR count). The van der Waals surface area contributed by atoms with E-state index in [1.54, 1.807) is 6.07 Å². The van der Waals surface area contributed by atoms with E-state index in [2.05, 4.69) is 22.0 Å². The van der Waals surface area contributed by atoms with Crippen molar-refractivity contribution in [1.82, 2.24) is 4.90 Å². The molecule has 90 valence electrons. The van der Waals surface area contributed by atoms with Gasteiger partial charge in [-0.1, -0.05) is 22.0 Å². The van der Waals surface area contributed by atoms with Gasteiger partial charge in [0.15, 0.2) is 0 Å². The van der Waals surface area contributed by atoms with Gasteiger partial charge in [-0.2, -0.15) is 5.26 Å². The molecular formula is C12H12BrFN2O. The lowest BCUT2D eigenvalue weighted by atomic mass is 10.1. The maximum atomic E-state index is 13.0. The second-order valence-corrected chi connectivity index (χ2v) is 4.70. The largest absolute Gasteiger partial charge is 0.379 e. The summed E-state index contributed by atoms with van der Waals surface area (Å²) in [7, 11) is 0. The normalized spacial score (nSPS) is 18.6. The minimum atomic E-state index is -0.353. The molecular weight excluding hydrogens is 287 g/mol. The van der Waals surface area contributed by atoms with Crippen LogP contribution in [0.1, 0.15) is 11.6 Å². The predicted octanol–water partition coefficient (Wildman–Crippen LogP) is 2.49. The third kappa shape index (κ3) is 2.83. The molecule has 5 heteroatoms. The molecule has 1 aromatic carbocycles. The van der Waals surface area contributed by atoms with E-state index < -0.39 is 0 Å². The molecule has 0 amide bonds. The zero-order valence-corrected chi connectivity index (χ0v) is 10.8. The van der Waals surface area contributed by atoms with Crippen LogP contribution in [-0.2, 0) is 4.74 Å². The van der Waals surface area contributed by atoms with Gasteiger partial charge in [0.25, 0.3) is 0 Å². The van der Waals surface area contributed by atoms with Gasteiger partial charge in [0, 0.05) is 17.6 Å². The zero-order chi connectivity index (χ0) is 12.3. The van der Waals surface area contributed by atoms with Crippen LogP contribution in [0.4, 0.5) is 4.39 Å². The van der Waals surface area contributed by atoms with Crippen molar-refractivity contribution in [1.29, 1.82) is 5.26 Å². The Labute approximate surface area is 108 Å². The van der Waals surface area contributed by atoms with Crippen molar-refractivity contribution in [2.24, 2.45) is 0 Å². The third-order valence-electron chi connectivity index (χ3n) is 2.79. The molecule has 0 spiro atoms. The Morgan fingerprint density at radius 1 is 1.41 bits per heavy atom. The number of halogens is 2. The van der Waals surface area contributed by atoms with Gasteiger partial charge < -0.3 is 4.74 Å². The van der Waals surface area contributed by atoms with Gasteiger partial charge in [0.05, 0.1) is 19.3 Å². The van der Waals surface area contributed by atoms with Gasteiger partial charge in [-0.3, -0.25) is 4.90 Å². The zero-order valence-electron chi connectivity index (χ0n) is 9.20. The molecule has 1 fully saturated rings. The first-order chi connectivity index (χ1) is 8.22. The van der Waals surface area contributed by atoms with Crippen molar-refractivity contribution in [2.75, 3.05) is 26.3 Å². The highest BCUT2D eigenvalue weighted by Crippen LogP contribution is 2.28. The van der Waals surface area contributed by atoms with Crippen LogP contribution in [0.15, 0.2) is 22.7 Å². The second kappa shape index (κ2) is 5.58. The number of benzene rings is 1. The number of nitriles is 1. The van der Waals surface area contributed by atoms with E-state index in [4.69, 9.17) is 4.74 Å². The first kappa shape index (κ1) is 12.5. The summed E-state index contributed by atoms with van der Waals surface area (Å²) in [5, 5.41) is 9.28. The smallest absolute Gasteiger partial charge is 0.125 e. The number of ether oxygens (including phenoxy) is 1. The van der Waals surface area contributed by atoms with Crippen LogP contribution in [0.25, 0.3) is 0 Å². The summed E-state index contributed by atoms with van der Waals surface area (Å²) >= 11 is 3.31. The molecule has 1 aliphatic rings. The van der Waals surface area contributed by atoms with Gasteiger partial charge in [0.1, 0.15) is 11.9 Å². The van der Waals surface area contributed by atoms with E-state index >= 15 is 0 Å². The molecule has 0 bridgehead atoms. The average molecular weight is 299 g/mol. The van der Waals surface area contributed by atoms with Gasteiger partial charge in [-0.15, -0.1) is 0 Å². The molecule has 0 radical (unpaired) electrons. The molecule has 17 heavy (non-hydrogen) atoms. The summed E-state index contributed by atoms with van der Waals surface area (Å²) in [6, 6.07) is 6.34. The van der Waals surface area contributed by atoms with Gasteiger partial charge in [0.2, 0.25) is 0 Å². The minimum absolute atomic E-state index is 0.306. The molecule has 1 aromatic rings. The highest BCUT2D eigenvalue weighted by Gasteiger charge is 2.24. The lowest BCUT2D eigenvalue weighted by Crippen LogP contribution is -2.38. The highest BCUT2D eigenvalue weighted by atomic mass is 79.9. The Kier molecular flexibility index (Phi) is 4.11. The van der Waals surface area contributed by atoms with Crippen molar-refractivity contribution in [2.45, 2.75) is 6.04 Å². The second-order valence-electron chi connectivity index (χ2n) is 3.85.